The molecule has 5 heteroatoms. The molecule has 1 fully saturated rings. The molecule has 0 radical (unpaired) electrons. The van der Waals surface area contributed by atoms with Crippen LogP contribution >= 0.6 is 0 Å². The number of pyridine rings is 1. The summed E-state index contributed by atoms with van der Waals surface area (Å²) < 4.78 is 11.2. The molecular weight excluding hydrogens is 222 g/mol. The Labute approximate surface area is 97.2 Å². The van der Waals surface area contributed by atoms with Crippen LogP contribution in [0.1, 0.15) is 18.4 Å². The third kappa shape index (κ3) is 2.58. The van der Waals surface area contributed by atoms with Gasteiger partial charge in [-0.1, -0.05) is 0 Å². The minimum Gasteiger partial charge on any atom is -0.366 e. The van der Waals surface area contributed by atoms with Gasteiger partial charge in [-0.15, -0.1) is 0 Å². The molecule has 1 N–H and O–H groups in total. The van der Waals surface area contributed by atoms with E-state index in [9.17, 15) is 4.21 Å². The third-order valence-electron chi connectivity index (χ3n) is 2.66. The maximum Gasteiger partial charge on any atom is 0.144 e. The number of nitriles is 1. The molecule has 2 heterocycles. The lowest BCUT2D eigenvalue weighted by Crippen LogP contribution is -2.29. The molecule has 4 nitrogen and oxygen atoms in total. The number of nitrogens with zero attached hydrogens (tertiary/aromatic N) is 2. The van der Waals surface area contributed by atoms with E-state index in [0.29, 0.717) is 17.4 Å². The van der Waals surface area contributed by atoms with Crippen molar-refractivity contribution in [3.63, 3.8) is 0 Å². The summed E-state index contributed by atoms with van der Waals surface area (Å²) in [5.41, 5.74) is 0.564. The Morgan fingerprint density at radius 2 is 2.25 bits per heavy atom. The fraction of sp³-hybridized carbons (Fsp3) is 0.455. The van der Waals surface area contributed by atoms with Crippen molar-refractivity contribution in [2.45, 2.75) is 18.9 Å². The van der Waals surface area contributed by atoms with Crippen molar-refractivity contribution in [3.8, 4) is 6.07 Å². The Hall–Kier alpha value is -1.41. The van der Waals surface area contributed by atoms with Crippen molar-refractivity contribution in [1.82, 2.24) is 4.98 Å². The van der Waals surface area contributed by atoms with Crippen LogP contribution in [-0.4, -0.2) is 26.7 Å². The zero-order valence-electron chi connectivity index (χ0n) is 8.85. The maximum absolute atomic E-state index is 11.2. The van der Waals surface area contributed by atoms with Gasteiger partial charge in [-0.05, 0) is 25.0 Å². The van der Waals surface area contributed by atoms with Gasteiger partial charge in [-0.3, -0.25) is 4.21 Å². The second-order valence-electron chi connectivity index (χ2n) is 3.78. The van der Waals surface area contributed by atoms with Crippen LogP contribution in [-0.2, 0) is 10.8 Å². The summed E-state index contributed by atoms with van der Waals surface area (Å²) in [6.45, 7) is 0. The Morgan fingerprint density at radius 1 is 1.50 bits per heavy atom. The van der Waals surface area contributed by atoms with E-state index in [-0.39, 0.29) is 0 Å². The van der Waals surface area contributed by atoms with Gasteiger partial charge in [-0.25, -0.2) is 4.98 Å². The second kappa shape index (κ2) is 5.08. The van der Waals surface area contributed by atoms with Crippen molar-refractivity contribution in [3.05, 3.63) is 23.9 Å². The van der Waals surface area contributed by atoms with E-state index < -0.39 is 10.8 Å². The summed E-state index contributed by atoms with van der Waals surface area (Å²) in [6.07, 6.45) is 3.44. The van der Waals surface area contributed by atoms with Gasteiger partial charge in [-0.2, -0.15) is 5.26 Å². The van der Waals surface area contributed by atoms with Gasteiger partial charge in [0.2, 0.25) is 0 Å². The van der Waals surface area contributed by atoms with Gasteiger partial charge in [0.25, 0.3) is 0 Å². The average molecular weight is 235 g/mol. The molecule has 1 aliphatic rings. The summed E-state index contributed by atoms with van der Waals surface area (Å²) in [6, 6.07) is 5.90. The molecular formula is C11H13N3OS. The van der Waals surface area contributed by atoms with Crippen LogP contribution < -0.4 is 5.32 Å². The standard InChI is InChI=1S/C11H13N3OS/c12-8-9-2-1-5-13-11(9)14-10-3-6-16(15)7-4-10/h1-2,5,10H,3-4,6-7H2,(H,13,14). The van der Waals surface area contributed by atoms with Crippen molar-refractivity contribution in [2.24, 2.45) is 0 Å². The Balaban J connectivity index is 2.04. The summed E-state index contributed by atoms with van der Waals surface area (Å²) >= 11 is 0. The first kappa shape index (κ1) is 11.1. The van der Waals surface area contributed by atoms with Crippen LogP contribution in [0.5, 0.6) is 0 Å². The normalized spacial score (nSPS) is 24.7. The van der Waals surface area contributed by atoms with Crippen molar-refractivity contribution < 1.29 is 4.21 Å². The SMILES string of the molecule is N#Cc1cccnc1NC1CCS(=O)CC1. The van der Waals surface area contributed by atoms with Crippen LogP contribution in [0, 0.1) is 11.3 Å². The molecule has 0 spiro atoms. The molecule has 16 heavy (non-hydrogen) atoms. The fourth-order valence-corrected chi connectivity index (χ4v) is 3.04. The first-order valence-corrected chi connectivity index (χ1v) is 6.75. The molecule has 0 unspecified atom stereocenters. The summed E-state index contributed by atoms with van der Waals surface area (Å²) in [4.78, 5) is 4.15. The average Bonchev–Trinajstić information content (AvgIpc) is 2.33. The Bertz CT molecular complexity index is 431. The largest absolute Gasteiger partial charge is 0.366 e. The van der Waals surface area contributed by atoms with Gasteiger partial charge in [0, 0.05) is 34.5 Å². The first-order valence-electron chi connectivity index (χ1n) is 5.26. The fourth-order valence-electron chi connectivity index (χ4n) is 1.74. The van der Waals surface area contributed by atoms with E-state index in [0.717, 1.165) is 24.3 Å². The lowest BCUT2D eigenvalue weighted by molar-refractivity contribution is 0.622. The van der Waals surface area contributed by atoms with Gasteiger partial charge in [0.15, 0.2) is 0 Å². The Morgan fingerprint density at radius 3 is 2.94 bits per heavy atom. The summed E-state index contributed by atoms with van der Waals surface area (Å²) in [5, 5.41) is 12.2. The monoisotopic (exact) mass is 235 g/mol. The number of hydrogen-bond donors (Lipinski definition) is 1. The molecule has 0 saturated carbocycles. The van der Waals surface area contributed by atoms with E-state index in [4.69, 9.17) is 5.26 Å². The Kier molecular flexibility index (Phi) is 3.52. The van der Waals surface area contributed by atoms with E-state index in [1.165, 1.54) is 0 Å². The molecule has 0 amide bonds. The number of nitrogens with one attached hydrogen (secondary N) is 1. The van der Waals surface area contributed by atoms with Crippen LogP contribution in [0.2, 0.25) is 0 Å². The van der Waals surface area contributed by atoms with E-state index in [1.807, 2.05) is 0 Å². The highest BCUT2D eigenvalue weighted by Crippen LogP contribution is 2.17. The highest BCUT2D eigenvalue weighted by molar-refractivity contribution is 7.85. The number of aromatic nitrogens is 1. The zero-order chi connectivity index (χ0) is 11.4. The van der Waals surface area contributed by atoms with E-state index in [1.54, 1.807) is 18.3 Å². The van der Waals surface area contributed by atoms with Gasteiger partial charge < -0.3 is 5.32 Å². The summed E-state index contributed by atoms with van der Waals surface area (Å²) in [7, 11) is -0.651. The van der Waals surface area contributed by atoms with E-state index >= 15 is 0 Å². The van der Waals surface area contributed by atoms with Crippen molar-refractivity contribution in [2.75, 3.05) is 16.8 Å². The predicted molar refractivity (Wildman–Crippen MR) is 63.5 cm³/mol. The van der Waals surface area contributed by atoms with Gasteiger partial charge >= 0.3 is 0 Å². The highest BCUT2D eigenvalue weighted by atomic mass is 32.2. The maximum atomic E-state index is 11.2. The molecule has 1 aromatic rings. The van der Waals surface area contributed by atoms with E-state index in [2.05, 4.69) is 16.4 Å². The lowest BCUT2D eigenvalue weighted by Gasteiger charge is -2.23. The first-order chi connectivity index (χ1) is 7.79. The molecule has 0 aromatic carbocycles. The lowest BCUT2D eigenvalue weighted by atomic mass is 10.1. The zero-order valence-corrected chi connectivity index (χ0v) is 9.67. The topological polar surface area (TPSA) is 65.8 Å². The smallest absolute Gasteiger partial charge is 0.144 e. The molecule has 84 valence electrons. The number of rotatable bonds is 2. The van der Waals surface area contributed by atoms with Crippen LogP contribution in [0.4, 0.5) is 5.82 Å². The molecule has 1 aromatic heterocycles. The van der Waals surface area contributed by atoms with Gasteiger partial charge in [0.1, 0.15) is 11.9 Å². The molecule has 1 aliphatic heterocycles. The van der Waals surface area contributed by atoms with Crippen LogP contribution in [0.25, 0.3) is 0 Å². The molecule has 0 aliphatic carbocycles. The third-order valence-corrected chi connectivity index (χ3v) is 4.04. The predicted octanol–water partition coefficient (Wildman–Crippen LogP) is 1.28. The molecule has 1 saturated heterocycles. The quantitative estimate of drug-likeness (QED) is 0.838. The minimum absolute atomic E-state index is 0.291. The van der Waals surface area contributed by atoms with Gasteiger partial charge in [0.05, 0.1) is 5.56 Å². The van der Waals surface area contributed by atoms with Crippen LogP contribution in [0.3, 0.4) is 0 Å². The van der Waals surface area contributed by atoms with Crippen molar-refractivity contribution in [1.29, 1.82) is 5.26 Å². The second-order valence-corrected chi connectivity index (χ2v) is 5.47. The number of anilines is 1. The highest BCUT2D eigenvalue weighted by Gasteiger charge is 2.18. The molecule has 0 atom stereocenters. The number of hydrogen-bond acceptors (Lipinski definition) is 4. The molecule has 2 rings (SSSR count). The van der Waals surface area contributed by atoms with Crippen molar-refractivity contribution >= 4 is 16.6 Å². The molecule has 0 bridgehead atoms. The van der Waals surface area contributed by atoms with Crippen LogP contribution in [0.15, 0.2) is 18.3 Å². The summed E-state index contributed by atoms with van der Waals surface area (Å²) in [5.74, 6) is 2.13. The minimum atomic E-state index is -0.651.